The maximum absolute atomic E-state index is 11.8. The van der Waals surface area contributed by atoms with Crippen LogP contribution in [0.1, 0.15) is 18.4 Å². The number of amides is 2. The molecule has 0 spiro atoms. The van der Waals surface area contributed by atoms with E-state index in [2.05, 4.69) is 36.6 Å². The normalized spacial score (nSPS) is 13.7. The van der Waals surface area contributed by atoms with Crippen LogP contribution in [0.3, 0.4) is 0 Å². The monoisotopic (exact) mass is 485 g/mol. The molecule has 1 fully saturated rings. The van der Waals surface area contributed by atoms with Crippen LogP contribution in [0.5, 0.6) is 5.75 Å². The molecule has 0 bridgehead atoms. The largest absolute Gasteiger partial charge is 0.493 e. The van der Waals surface area contributed by atoms with Crippen molar-refractivity contribution in [2.75, 3.05) is 17.7 Å². The Bertz CT molecular complexity index is 1190. The number of methoxy groups -OCH3 is 1. The molecular weight excluding hydrogens is 466 g/mol. The molecule has 0 aliphatic heterocycles. The number of aromatic nitrogens is 3. The first-order valence-corrected chi connectivity index (χ1v) is 10.3. The van der Waals surface area contributed by atoms with E-state index in [1.807, 2.05) is 29.6 Å². The Morgan fingerprint density at radius 3 is 2.90 bits per heavy atom. The minimum Gasteiger partial charge on any atom is -0.493 e. The summed E-state index contributed by atoms with van der Waals surface area (Å²) < 4.78 is 7.94. The fourth-order valence-corrected chi connectivity index (χ4v) is 3.54. The second kappa shape index (κ2) is 8.64. The number of ether oxygens (including phenoxy) is 1. The highest BCUT2D eigenvalue weighted by molar-refractivity contribution is 9.10. The number of anilines is 3. The Kier molecular flexibility index (Phi) is 5.76. The van der Waals surface area contributed by atoms with Crippen LogP contribution < -0.4 is 26.4 Å². The number of carbonyl (C=O) groups excluding carboxylic acids is 2. The number of halogens is 1. The van der Waals surface area contributed by atoms with E-state index in [0.29, 0.717) is 28.8 Å². The summed E-state index contributed by atoms with van der Waals surface area (Å²) in [5.74, 6) is 1.25. The van der Waals surface area contributed by atoms with Crippen LogP contribution in [0.4, 0.5) is 17.3 Å². The molecule has 0 atom stereocenters. The van der Waals surface area contributed by atoms with Crippen molar-refractivity contribution in [2.24, 2.45) is 5.73 Å². The van der Waals surface area contributed by atoms with Gasteiger partial charge in [0.25, 0.3) is 5.91 Å². The molecule has 2 aromatic heterocycles. The van der Waals surface area contributed by atoms with Crippen LogP contribution in [0.15, 0.2) is 40.6 Å². The zero-order chi connectivity index (χ0) is 22.0. The lowest BCUT2D eigenvalue weighted by Crippen LogP contribution is -2.26. The molecule has 1 aliphatic carbocycles. The topological polar surface area (TPSA) is 136 Å². The molecular formula is C20H20BrN7O3. The summed E-state index contributed by atoms with van der Waals surface area (Å²) in [5, 5.41) is 13.1. The summed E-state index contributed by atoms with van der Waals surface area (Å²) in [5.41, 5.74) is 7.42. The molecule has 11 heteroatoms. The Labute approximate surface area is 186 Å². The second-order valence-corrected chi connectivity index (χ2v) is 7.77. The highest BCUT2D eigenvalue weighted by Gasteiger charge is 2.23. The van der Waals surface area contributed by atoms with Gasteiger partial charge >= 0.3 is 0 Å². The standard InChI is InChI=1S/C20H20BrN7O3/c1-31-18-13(21)3-2-4-15(18)26-16-8-17(25-12-5-6-12)28-19(27-16)11(9-24-28)7-14(22)20(30)23-10-29/h2-4,7-10,12,25H,5-6,22H2,1H3,(H,26,27)(H,23,29,30)/b14-7-. The van der Waals surface area contributed by atoms with E-state index in [0.717, 1.165) is 28.8 Å². The van der Waals surface area contributed by atoms with Crippen molar-refractivity contribution in [3.63, 3.8) is 0 Å². The molecule has 10 nitrogen and oxygen atoms in total. The quantitative estimate of drug-likeness (QED) is 0.282. The zero-order valence-electron chi connectivity index (χ0n) is 16.6. The van der Waals surface area contributed by atoms with E-state index < -0.39 is 5.91 Å². The smallest absolute Gasteiger partial charge is 0.273 e. The summed E-state index contributed by atoms with van der Waals surface area (Å²) >= 11 is 3.48. The Morgan fingerprint density at radius 2 is 2.19 bits per heavy atom. The van der Waals surface area contributed by atoms with Gasteiger partial charge in [-0.05, 0) is 47.0 Å². The van der Waals surface area contributed by atoms with E-state index in [-0.39, 0.29) is 12.1 Å². The molecule has 0 radical (unpaired) electrons. The van der Waals surface area contributed by atoms with Gasteiger partial charge in [-0.2, -0.15) is 9.61 Å². The molecule has 5 N–H and O–H groups in total. The van der Waals surface area contributed by atoms with Gasteiger partial charge in [0.2, 0.25) is 6.41 Å². The maximum Gasteiger partial charge on any atom is 0.273 e. The number of hydrogen-bond donors (Lipinski definition) is 4. The maximum atomic E-state index is 11.8. The van der Waals surface area contributed by atoms with Gasteiger partial charge in [-0.25, -0.2) is 4.98 Å². The van der Waals surface area contributed by atoms with Crippen LogP contribution in [0, 0.1) is 0 Å². The number of rotatable bonds is 8. The van der Waals surface area contributed by atoms with E-state index in [4.69, 9.17) is 10.5 Å². The van der Waals surface area contributed by atoms with Crippen molar-refractivity contribution in [2.45, 2.75) is 18.9 Å². The lowest BCUT2D eigenvalue weighted by atomic mass is 10.2. The Balaban J connectivity index is 1.77. The fourth-order valence-electron chi connectivity index (χ4n) is 3.01. The summed E-state index contributed by atoms with van der Waals surface area (Å²) in [7, 11) is 1.59. The fraction of sp³-hybridized carbons (Fsp3) is 0.200. The van der Waals surface area contributed by atoms with Crippen LogP contribution in [-0.4, -0.2) is 40.1 Å². The van der Waals surface area contributed by atoms with Crippen molar-refractivity contribution in [3.8, 4) is 5.75 Å². The highest BCUT2D eigenvalue weighted by Crippen LogP contribution is 2.35. The summed E-state index contributed by atoms with van der Waals surface area (Å²) in [6.07, 6.45) is 5.43. The van der Waals surface area contributed by atoms with Gasteiger partial charge in [-0.3, -0.25) is 14.9 Å². The van der Waals surface area contributed by atoms with Gasteiger partial charge in [0, 0.05) is 17.7 Å². The number of nitrogens with zero attached hydrogens (tertiary/aromatic N) is 3. The minimum atomic E-state index is -0.696. The van der Waals surface area contributed by atoms with Crippen molar-refractivity contribution in [3.05, 3.63) is 46.2 Å². The van der Waals surface area contributed by atoms with Crippen LogP contribution >= 0.6 is 15.9 Å². The average molecular weight is 486 g/mol. The number of benzene rings is 1. The molecule has 1 aliphatic rings. The van der Waals surface area contributed by atoms with Crippen molar-refractivity contribution in [1.29, 1.82) is 0 Å². The third-order valence-electron chi connectivity index (χ3n) is 4.63. The number of para-hydroxylation sites is 1. The average Bonchev–Trinajstić information content (AvgIpc) is 3.47. The van der Waals surface area contributed by atoms with E-state index in [9.17, 15) is 9.59 Å². The van der Waals surface area contributed by atoms with Crippen molar-refractivity contribution < 1.29 is 14.3 Å². The first-order valence-electron chi connectivity index (χ1n) is 9.46. The SMILES string of the molecule is COc1c(Br)cccc1Nc1cc(NC2CC2)n2ncc(/C=C(\N)C(=O)NC=O)c2n1. The number of hydrogen-bond acceptors (Lipinski definition) is 8. The Hall–Kier alpha value is -3.60. The predicted octanol–water partition coefficient (Wildman–Crippen LogP) is 2.39. The van der Waals surface area contributed by atoms with Crippen molar-refractivity contribution >= 4 is 57.3 Å². The predicted molar refractivity (Wildman–Crippen MR) is 120 cm³/mol. The molecule has 1 aromatic carbocycles. The third-order valence-corrected chi connectivity index (χ3v) is 5.25. The molecule has 31 heavy (non-hydrogen) atoms. The van der Waals surface area contributed by atoms with Crippen molar-refractivity contribution in [1.82, 2.24) is 19.9 Å². The third kappa shape index (κ3) is 4.45. The van der Waals surface area contributed by atoms with Crippen LogP contribution in [-0.2, 0) is 9.59 Å². The van der Waals surface area contributed by atoms with Crippen LogP contribution in [0.25, 0.3) is 11.7 Å². The molecule has 4 rings (SSSR count). The molecule has 1 saturated carbocycles. The zero-order valence-corrected chi connectivity index (χ0v) is 18.1. The Morgan fingerprint density at radius 1 is 1.39 bits per heavy atom. The molecule has 2 heterocycles. The lowest BCUT2D eigenvalue weighted by Gasteiger charge is -2.14. The molecule has 3 aromatic rings. The first kappa shape index (κ1) is 20.7. The molecule has 160 valence electrons. The number of nitrogens with one attached hydrogen (secondary N) is 3. The van der Waals surface area contributed by atoms with Gasteiger partial charge in [-0.15, -0.1) is 0 Å². The number of imide groups is 1. The summed E-state index contributed by atoms with van der Waals surface area (Å²) in [6, 6.07) is 7.88. The number of nitrogens with two attached hydrogens (primary N) is 1. The highest BCUT2D eigenvalue weighted by atomic mass is 79.9. The van der Waals surface area contributed by atoms with Gasteiger partial charge in [0.1, 0.15) is 11.6 Å². The minimum absolute atomic E-state index is 0.132. The second-order valence-electron chi connectivity index (χ2n) is 6.92. The van der Waals surface area contributed by atoms with Gasteiger partial charge in [0.05, 0.1) is 29.2 Å². The van der Waals surface area contributed by atoms with E-state index in [1.165, 1.54) is 6.08 Å². The molecule has 2 amide bonds. The molecule has 0 saturated heterocycles. The molecule has 0 unspecified atom stereocenters. The summed E-state index contributed by atoms with van der Waals surface area (Å²) in [6.45, 7) is 0. The van der Waals surface area contributed by atoms with Gasteiger partial charge < -0.3 is 21.1 Å². The number of carbonyl (C=O) groups is 2. The van der Waals surface area contributed by atoms with Crippen LogP contribution in [0.2, 0.25) is 0 Å². The van der Waals surface area contributed by atoms with Gasteiger partial charge in [0.15, 0.2) is 11.4 Å². The van der Waals surface area contributed by atoms with E-state index in [1.54, 1.807) is 17.8 Å². The summed E-state index contributed by atoms with van der Waals surface area (Å²) in [4.78, 5) is 27.0. The van der Waals surface area contributed by atoms with Gasteiger partial charge in [-0.1, -0.05) is 6.07 Å². The number of fused-ring (bicyclic) bond motifs is 1. The first-order chi connectivity index (χ1) is 15.0. The van der Waals surface area contributed by atoms with E-state index >= 15 is 0 Å². The lowest BCUT2D eigenvalue weighted by molar-refractivity contribution is -0.122.